The maximum Gasteiger partial charge on any atom is 0.416 e. The van der Waals surface area contributed by atoms with Crippen molar-refractivity contribution in [3.63, 3.8) is 0 Å². The monoisotopic (exact) mass is 662 g/mol. The highest BCUT2D eigenvalue weighted by Gasteiger charge is 2.29. The van der Waals surface area contributed by atoms with Crippen molar-refractivity contribution >= 4 is 24.0 Å². The topological polar surface area (TPSA) is 120 Å². The van der Waals surface area contributed by atoms with Gasteiger partial charge in [0.25, 0.3) is 6.43 Å². The average Bonchev–Trinajstić information content (AvgIpc) is 3.04. The first-order chi connectivity index (χ1) is 22.4. The van der Waals surface area contributed by atoms with Gasteiger partial charge in [-0.1, -0.05) is 36.4 Å². The van der Waals surface area contributed by atoms with Gasteiger partial charge in [0.1, 0.15) is 30.7 Å². The number of fused-ring (bicyclic) bond motifs is 1. The molecule has 260 valence electrons. The van der Waals surface area contributed by atoms with Crippen LogP contribution in [0.5, 0.6) is 0 Å². The Morgan fingerprint density at radius 3 is 2.51 bits per heavy atom. The van der Waals surface area contributed by atoms with Crippen LogP contribution in [0.25, 0.3) is 0 Å². The predicted molar refractivity (Wildman–Crippen MR) is 173 cm³/mol. The highest BCUT2D eigenvalue weighted by molar-refractivity contribution is 5.88. The van der Waals surface area contributed by atoms with Crippen LogP contribution >= 0.6 is 0 Å². The number of carbonyl (C=O) groups is 3. The molecule has 0 saturated carbocycles. The van der Waals surface area contributed by atoms with Gasteiger partial charge in [-0.15, -0.1) is 0 Å². The van der Waals surface area contributed by atoms with Crippen molar-refractivity contribution in [1.29, 1.82) is 0 Å². The van der Waals surface area contributed by atoms with Gasteiger partial charge in [-0.3, -0.25) is 4.90 Å². The number of benzene rings is 1. The number of rotatable bonds is 17. The number of nitrogens with one attached hydrogen (secondary N) is 1. The smallest absolute Gasteiger partial charge is 0.416 e. The Bertz CT molecular complexity index is 1280. The number of unbranched alkanes of at least 4 members (excludes halogenated alkanes) is 1. The van der Waals surface area contributed by atoms with E-state index in [0.717, 1.165) is 42.5 Å². The summed E-state index contributed by atoms with van der Waals surface area (Å²) in [6.45, 7) is 6.87. The van der Waals surface area contributed by atoms with Crippen molar-refractivity contribution in [3.8, 4) is 0 Å². The third-order valence-electron chi connectivity index (χ3n) is 7.39. The van der Waals surface area contributed by atoms with E-state index in [1.165, 1.54) is 7.11 Å². The first-order valence-electron chi connectivity index (χ1n) is 16.1. The highest BCUT2D eigenvalue weighted by Crippen LogP contribution is 2.27. The molecule has 3 rings (SSSR count). The lowest BCUT2D eigenvalue weighted by Crippen LogP contribution is -2.44. The van der Waals surface area contributed by atoms with Crippen LogP contribution < -0.4 is 10.2 Å². The van der Waals surface area contributed by atoms with Crippen molar-refractivity contribution in [1.82, 2.24) is 15.2 Å². The molecule has 47 heavy (non-hydrogen) atoms. The molecule has 0 saturated heterocycles. The lowest BCUT2D eigenvalue weighted by molar-refractivity contribution is -0.143. The van der Waals surface area contributed by atoms with Gasteiger partial charge in [-0.25, -0.2) is 28.1 Å². The van der Waals surface area contributed by atoms with Crippen molar-refractivity contribution in [2.75, 3.05) is 51.4 Å². The van der Waals surface area contributed by atoms with E-state index < -0.39 is 42.8 Å². The third-order valence-corrected chi connectivity index (χ3v) is 7.39. The fourth-order valence-electron chi connectivity index (χ4n) is 5.07. The zero-order valence-electron chi connectivity index (χ0n) is 27.8. The number of aromatic nitrogens is 1. The number of hydrogen-bond acceptors (Lipinski definition) is 9. The number of methoxy groups -OCH3 is 1. The van der Waals surface area contributed by atoms with Gasteiger partial charge in [0, 0.05) is 25.3 Å². The number of pyridine rings is 1. The van der Waals surface area contributed by atoms with E-state index in [2.05, 4.69) is 5.32 Å². The summed E-state index contributed by atoms with van der Waals surface area (Å²) >= 11 is 0. The summed E-state index contributed by atoms with van der Waals surface area (Å²) in [6.07, 6.45) is 0.377. The molecule has 1 aliphatic rings. The van der Waals surface area contributed by atoms with E-state index in [9.17, 15) is 23.2 Å². The number of alkyl halides is 2. The summed E-state index contributed by atoms with van der Waals surface area (Å²) in [6, 6.07) is 12.2. The van der Waals surface area contributed by atoms with Gasteiger partial charge in [-0.2, -0.15) is 0 Å². The number of nitrogens with zero attached hydrogens (tertiary/aromatic N) is 3. The number of halogens is 2. The van der Waals surface area contributed by atoms with Crippen molar-refractivity contribution in [2.24, 2.45) is 0 Å². The summed E-state index contributed by atoms with van der Waals surface area (Å²) in [5, 5.41) is 2.58. The Balaban J connectivity index is 1.55. The minimum absolute atomic E-state index is 0.0479. The standard InChI is InChI=1S/C34H48F2N4O7/c1-34(2,3)47-33(43)40-19-10-13-26-15-16-27(37-30(26)40)14-8-9-18-39(21-22-45-24-29(35)36)20-17-28(31(41)44-4)38-32(42)46-23-25-11-6-5-7-12-25/h5-7,11-12,15-16,28-29H,8-10,13-14,17-24H2,1-4H3,(H,38,42). The second-order valence-corrected chi connectivity index (χ2v) is 12.4. The molecule has 2 heterocycles. The number of ether oxygens (including phenoxy) is 4. The predicted octanol–water partition coefficient (Wildman–Crippen LogP) is 5.53. The Hall–Kier alpha value is -3.84. The van der Waals surface area contributed by atoms with Gasteiger partial charge in [-0.05, 0) is 83.0 Å². The molecular formula is C34H48F2N4O7. The van der Waals surface area contributed by atoms with E-state index in [-0.39, 0.29) is 19.6 Å². The molecular weight excluding hydrogens is 614 g/mol. The molecule has 11 nitrogen and oxygen atoms in total. The Kier molecular flexibility index (Phi) is 15.3. The quantitative estimate of drug-likeness (QED) is 0.132. The lowest BCUT2D eigenvalue weighted by Gasteiger charge is -2.31. The molecule has 0 bridgehead atoms. The van der Waals surface area contributed by atoms with E-state index in [1.54, 1.807) is 4.90 Å². The maximum absolute atomic E-state index is 12.8. The molecule has 1 unspecified atom stereocenters. The molecule has 0 fully saturated rings. The zero-order valence-corrected chi connectivity index (χ0v) is 27.8. The summed E-state index contributed by atoms with van der Waals surface area (Å²) in [7, 11) is 1.24. The number of aryl methyl sites for hydroxylation is 2. The van der Waals surface area contributed by atoms with E-state index >= 15 is 0 Å². The normalized spacial score (nSPS) is 13.7. The van der Waals surface area contributed by atoms with Crippen LogP contribution in [0.15, 0.2) is 42.5 Å². The summed E-state index contributed by atoms with van der Waals surface area (Å²) in [4.78, 5) is 46.2. The van der Waals surface area contributed by atoms with Crippen LogP contribution in [0.3, 0.4) is 0 Å². The molecule has 0 aliphatic carbocycles. The lowest BCUT2D eigenvalue weighted by atomic mass is 10.0. The van der Waals surface area contributed by atoms with E-state index in [1.807, 2.05) is 68.1 Å². The van der Waals surface area contributed by atoms with Gasteiger partial charge in [0.15, 0.2) is 0 Å². The van der Waals surface area contributed by atoms with Crippen LogP contribution in [0, 0.1) is 0 Å². The molecule has 0 radical (unpaired) electrons. The summed E-state index contributed by atoms with van der Waals surface area (Å²) in [5.74, 6) is 0.0268. The van der Waals surface area contributed by atoms with Crippen LogP contribution in [-0.2, 0) is 43.2 Å². The molecule has 2 amide bonds. The van der Waals surface area contributed by atoms with Crippen molar-refractivity contribution < 1.29 is 42.1 Å². The SMILES string of the molecule is COC(=O)C(CCN(CCCCc1ccc2c(n1)N(C(=O)OC(C)(C)C)CCC2)CCOCC(F)F)NC(=O)OCc1ccccc1. The van der Waals surface area contributed by atoms with Gasteiger partial charge in [0.2, 0.25) is 0 Å². The number of carbonyl (C=O) groups excluding carboxylic acids is 3. The fourth-order valence-corrected chi connectivity index (χ4v) is 5.07. The molecule has 1 N–H and O–H groups in total. The molecule has 1 atom stereocenters. The summed E-state index contributed by atoms with van der Waals surface area (Å²) in [5.41, 5.74) is 2.06. The average molecular weight is 663 g/mol. The van der Waals surface area contributed by atoms with Crippen LogP contribution in [-0.4, -0.2) is 92.6 Å². The highest BCUT2D eigenvalue weighted by atomic mass is 19.3. The number of esters is 1. The third kappa shape index (κ3) is 13.8. The van der Waals surface area contributed by atoms with Crippen molar-refractivity contribution in [2.45, 2.75) is 84.0 Å². The van der Waals surface area contributed by atoms with E-state index in [4.69, 9.17) is 23.9 Å². The Labute approximate surface area is 275 Å². The Morgan fingerprint density at radius 1 is 1.04 bits per heavy atom. The number of anilines is 1. The first-order valence-corrected chi connectivity index (χ1v) is 16.1. The molecule has 0 spiro atoms. The number of hydrogen-bond donors (Lipinski definition) is 1. The van der Waals surface area contributed by atoms with E-state index in [0.29, 0.717) is 38.4 Å². The first kappa shape index (κ1) is 37.6. The molecule has 1 aliphatic heterocycles. The van der Waals surface area contributed by atoms with Crippen molar-refractivity contribution in [3.05, 3.63) is 59.3 Å². The zero-order chi connectivity index (χ0) is 34.2. The van der Waals surface area contributed by atoms with Crippen LogP contribution in [0.2, 0.25) is 0 Å². The van der Waals surface area contributed by atoms with Crippen LogP contribution in [0.4, 0.5) is 24.2 Å². The largest absolute Gasteiger partial charge is 0.467 e. The molecule has 1 aromatic carbocycles. The number of amides is 2. The maximum atomic E-state index is 12.8. The van der Waals surface area contributed by atoms with Gasteiger partial charge >= 0.3 is 18.2 Å². The second kappa shape index (κ2) is 19.1. The Morgan fingerprint density at radius 2 is 1.81 bits per heavy atom. The number of alkyl carbamates (subject to hydrolysis) is 1. The minimum Gasteiger partial charge on any atom is -0.467 e. The molecule has 2 aromatic rings. The minimum atomic E-state index is -2.56. The fraction of sp³-hybridized carbons (Fsp3) is 0.588. The second-order valence-electron chi connectivity index (χ2n) is 12.4. The van der Waals surface area contributed by atoms with Gasteiger partial charge in [0.05, 0.1) is 13.7 Å². The molecule has 13 heteroatoms. The van der Waals surface area contributed by atoms with Gasteiger partial charge < -0.3 is 29.2 Å². The molecule has 1 aromatic heterocycles. The summed E-state index contributed by atoms with van der Waals surface area (Å²) < 4.78 is 46.1. The van der Waals surface area contributed by atoms with Crippen LogP contribution in [0.1, 0.15) is 63.3 Å².